The molecule has 30 heavy (non-hydrogen) atoms. The normalized spacial score (nSPS) is 13.9. The van der Waals surface area contributed by atoms with Crippen molar-refractivity contribution in [3.63, 3.8) is 0 Å². The number of hydrogen-bond acceptors (Lipinski definition) is 4. The molecule has 4 aromatic rings. The molecule has 0 radical (unpaired) electrons. The number of nitrogens with zero attached hydrogens (tertiary/aromatic N) is 2. The van der Waals surface area contributed by atoms with Gasteiger partial charge in [0.1, 0.15) is 17.2 Å². The third-order valence-electron chi connectivity index (χ3n) is 5.64. The van der Waals surface area contributed by atoms with E-state index >= 15 is 0 Å². The molecule has 6 heteroatoms. The second-order valence-corrected chi connectivity index (χ2v) is 7.68. The predicted molar refractivity (Wildman–Crippen MR) is 113 cm³/mol. The van der Waals surface area contributed by atoms with Gasteiger partial charge in [-0.15, -0.1) is 0 Å². The first-order valence-corrected chi connectivity index (χ1v) is 10.2. The summed E-state index contributed by atoms with van der Waals surface area (Å²) in [6.45, 7) is 1.82. The fraction of sp³-hybridized carbons (Fsp3) is 0.250. The van der Waals surface area contributed by atoms with Gasteiger partial charge in [-0.05, 0) is 61.7 Å². The molecule has 0 fully saturated rings. The molecule has 1 aliphatic rings. The molecule has 1 N–H and O–H groups in total. The molecule has 0 unspecified atom stereocenters. The molecule has 5 rings (SSSR count). The first-order valence-electron chi connectivity index (χ1n) is 10.2. The lowest BCUT2D eigenvalue weighted by Crippen LogP contribution is -2.17. The molecular weight excluding hydrogens is 381 g/mol. The van der Waals surface area contributed by atoms with Crippen LogP contribution in [0.5, 0.6) is 0 Å². The molecular formula is C24H22FN3O2. The summed E-state index contributed by atoms with van der Waals surface area (Å²) >= 11 is 0. The number of fused-ring (bicyclic) bond motifs is 3. The number of aromatic nitrogens is 2. The lowest BCUT2D eigenvalue weighted by atomic mass is 10.1. The van der Waals surface area contributed by atoms with Gasteiger partial charge in [0.15, 0.2) is 0 Å². The van der Waals surface area contributed by atoms with Crippen molar-refractivity contribution in [2.75, 3.05) is 6.54 Å². The van der Waals surface area contributed by atoms with Crippen LogP contribution in [0.2, 0.25) is 0 Å². The maximum absolute atomic E-state index is 13.0. The minimum absolute atomic E-state index is 0.0892. The molecule has 0 aliphatic carbocycles. The molecule has 3 aromatic heterocycles. The summed E-state index contributed by atoms with van der Waals surface area (Å²) in [5.74, 6) is 0.701. The molecule has 1 aliphatic heterocycles. The highest BCUT2D eigenvalue weighted by Crippen LogP contribution is 2.29. The molecule has 0 bridgehead atoms. The van der Waals surface area contributed by atoms with Crippen LogP contribution in [-0.2, 0) is 25.8 Å². The summed E-state index contributed by atoms with van der Waals surface area (Å²) in [5.41, 5.74) is 4.48. The zero-order valence-electron chi connectivity index (χ0n) is 16.5. The number of nitrogens with one attached hydrogen (secondary N) is 1. The van der Waals surface area contributed by atoms with E-state index in [1.54, 1.807) is 22.9 Å². The summed E-state index contributed by atoms with van der Waals surface area (Å²) in [7, 11) is 0. The Kier molecular flexibility index (Phi) is 4.93. The van der Waals surface area contributed by atoms with Crippen LogP contribution in [0.15, 0.2) is 64.1 Å². The van der Waals surface area contributed by atoms with Crippen molar-refractivity contribution in [3.8, 4) is 5.69 Å². The van der Waals surface area contributed by atoms with Crippen molar-refractivity contribution in [1.29, 1.82) is 0 Å². The van der Waals surface area contributed by atoms with E-state index in [4.69, 9.17) is 4.42 Å². The Morgan fingerprint density at radius 3 is 2.90 bits per heavy atom. The minimum Gasteiger partial charge on any atom is -0.461 e. The second kappa shape index (κ2) is 7.88. The molecule has 152 valence electrons. The standard InChI is InChI=1S/C24H22FN3O2/c25-17-4-6-18(27-14-17)5-3-16-9-11-28(24(29)12-16)19-7-8-20-21-15-26-10-1-2-22(21)30-23(20)13-19/h4,6-9,11-14,26H,1-3,5,10,15H2. The summed E-state index contributed by atoms with van der Waals surface area (Å²) in [5, 5.41) is 4.54. The third kappa shape index (κ3) is 3.66. The third-order valence-corrected chi connectivity index (χ3v) is 5.64. The number of hydrogen-bond donors (Lipinski definition) is 1. The number of pyridine rings is 2. The van der Waals surface area contributed by atoms with E-state index in [9.17, 15) is 9.18 Å². The van der Waals surface area contributed by atoms with Crippen LogP contribution >= 0.6 is 0 Å². The Morgan fingerprint density at radius 1 is 1.13 bits per heavy atom. The smallest absolute Gasteiger partial charge is 0.255 e. The Hall–Kier alpha value is -3.25. The van der Waals surface area contributed by atoms with E-state index < -0.39 is 0 Å². The average molecular weight is 403 g/mol. The van der Waals surface area contributed by atoms with Gasteiger partial charge in [-0.25, -0.2) is 4.39 Å². The van der Waals surface area contributed by atoms with Crippen LogP contribution in [0.4, 0.5) is 4.39 Å². The Bertz CT molecular complexity index is 1260. The van der Waals surface area contributed by atoms with E-state index in [2.05, 4.69) is 10.3 Å². The van der Waals surface area contributed by atoms with E-state index in [0.717, 1.165) is 59.6 Å². The first-order chi connectivity index (χ1) is 14.7. The van der Waals surface area contributed by atoms with Gasteiger partial charge in [0.2, 0.25) is 0 Å². The highest BCUT2D eigenvalue weighted by atomic mass is 19.1. The fourth-order valence-corrected chi connectivity index (χ4v) is 4.04. The van der Waals surface area contributed by atoms with Gasteiger partial charge in [-0.2, -0.15) is 0 Å². The van der Waals surface area contributed by atoms with Gasteiger partial charge >= 0.3 is 0 Å². The van der Waals surface area contributed by atoms with Crippen LogP contribution < -0.4 is 10.9 Å². The van der Waals surface area contributed by atoms with E-state index in [0.29, 0.717) is 12.8 Å². The maximum atomic E-state index is 13.0. The number of furan rings is 1. The zero-order valence-corrected chi connectivity index (χ0v) is 16.5. The second-order valence-electron chi connectivity index (χ2n) is 7.68. The van der Waals surface area contributed by atoms with Crippen molar-refractivity contribution < 1.29 is 8.81 Å². The largest absolute Gasteiger partial charge is 0.461 e. The SMILES string of the molecule is O=c1cc(CCc2ccc(F)cn2)ccn1-c1ccc2c3c(oc2c1)CCCNC3. The Morgan fingerprint density at radius 2 is 2.07 bits per heavy atom. The van der Waals surface area contributed by atoms with Crippen molar-refractivity contribution in [1.82, 2.24) is 14.9 Å². The van der Waals surface area contributed by atoms with Crippen molar-refractivity contribution in [2.45, 2.75) is 32.2 Å². The van der Waals surface area contributed by atoms with Crippen LogP contribution in [0.25, 0.3) is 16.7 Å². The van der Waals surface area contributed by atoms with Crippen molar-refractivity contribution in [3.05, 3.63) is 93.6 Å². The molecule has 0 amide bonds. The van der Waals surface area contributed by atoms with Gasteiger partial charge in [-0.1, -0.05) is 0 Å². The highest BCUT2D eigenvalue weighted by molar-refractivity contribution is 5.84. The number of aryl methyl sites for hydroxylation is 3. The molecule has 0 saturated heterocycles. The van der Waals surface area contributed by atoms with Gasteiger partial charge < -0.3 is 9.73 Å². The van der Waals surface area contributed by atoms with Gasteiger partial charge in [0.05, 0.1) is 11.9 Å². The number of rotatable bonds is 4. The topological polar surface area (TPSA) is 60.1 Å². The fourth-order valence-electron chi connectivity index (χ4n) is 4.04. The van der Waals surface area contributed by atoms with E-state index in [-0.39, 0.29) is 11.4 Å². The quantitative estimate of drug-likeness (QED) is 0.561. The average Bonchev–Trinajstić information content (AvgIpc) is 2.93. The molecule has 5 nitrogen and oxygen atoms in total. The van der Waals surface area contributed by atoms with E-state index in [1.165, 1.54) is 17.8 Å². The van der Waals surface area contributed by atoms with Gasteiger partial charge in [0.25, 0.3) is 5.56 Å². The molecule has 0 atom stereocenters. The Balaban J connectivity index is 1.39. The van der Waals surface area contributed by atoms with Gasteiger partial charge in [0, 0.05) is 47.9 Å². The number of benzene rings is 1. The Labute approximate surface area is 173 Å². The van der Waals surface area contributed by atoms with Crippen LogP contribution in [0, 0.1) is 5.82 Å². The lowest BCUT2D eigenvalue weighted by molar-refractivity contribution is 0.541. The molecule has 0 spiro atoms. The molecule has 0 saturated carbocycles. The number of halogens is 1. The van der Waals surface area contributed by atoms with Crippen LogP contribution in [0.3, 0.4) is 0 Å². The predicted octanol–water partition coefficient (Wildman–Crippen LogP) is 3.94. The van der Waals surface area contributed by atoms with Gasteiger partial charge in [-0.3, -0.25) is 14.3 Å². The zero-order chi connectivity index (χ0) is 20.5. The molecule has 4 heterocycles. The molecule has 1 aromatic carbocycles. The summed E-state index contributed by atoms with van der Waals surface area (Å²) in [6, 6.07) is 12.6. The first kappa shape index (κ1) is 18.8. The van der Waals surface area contributed by atoms with E-state index in [1.807, 2.05) is 24.3 Å². The van der Waals surface area contributed by atoms with Crippen molar-refractivity contribution >= 4 is 11.0 Å². The van der Waals surface area contributed by atoms with Crippen LogP contribution in [-0.4, -0.2) is 16.1 Å². The maximum Gasteiger partial charge on any atom is 0.255 e. The summed E-state index contributed by atoms with van der Waals surface area (Å²) < 4.78 is 20.7. The minimum atomic E-state index is -0.345. The van der Waals surface area contributed by atoms with Crippen molar-refractivity contribution in [2.24, 2.45) is 0 Å². The highest BCUT2D eigenvalue weighted by Gasteiger charge is 2.17. The van der Waals surface area contributed by atoms with Crippen LogP contribution in [0.1, 0.15) is 29.0 Å². The monoisotopic (exact) mass is 403 g/mol. The summed E-state index contributed by atoms with van der Waals surface area (Å²) in [4.78, 5) is 16.8. The lowest BCUT2D eigenvalue weighted by Gasteiger charge is -2.08. The summed E-state index contributed by atoms with van der Waals surface area (Å²) in [6.07, 6.45) is 6.34.